The Morgan fingerprint density at radius 1 is 1.29 bits per heavy atom. The molecule has 2 rings (SSSR count). The van der Waals surface area contributed by atoms with E-state index in [0.29, 0.717) is 12.2 Å². The number of carboxylic acids is 1. The Hall–Kier alpha value is -1.50. The fraction of sp³-hybridized carbons (Fsp3) is 0.167. The summed E-state index contributed by atoms with van der Waals surface area (Å²) in [7, 11) is 0. The minimum absolute atomic E-state index is 0. The molecule has 0 saturated carbocycles. The molecule has 2 aromatic rings. The van der Waals surface area contributed by atoms with Crippen LogP contribution in [0.2, 0.25) is 0 Å². The smallest absolute Gasteiger partial charge is 0.550 e. The number of nitrogens with zero attached hydrogens (tertiary/aromatic N) is 2. The Bertz CT molecular complexity index is 482. The summed E-state index contributed by atoms with van der Waals surface area (Å²) in [6.07, 6.45) is 3.08. The first kappa shape index (κ1) is 13.6. The quantitative estimate of drug-likeness (QED) is 0.526. The van der Waals surface area contributed by atoms with Gasteiger partial charge >= 0.3 is 18.9 Å². The molecule has 0 N–H and O–H groups in total. The number of aromatic nitrogens is 2. The summed E-state index contributed by atoms with van der Waals surface area (Å²) >= 11 is 0. The van der Waals surface area contributed by atoms with E-state index in [9.17, 15) is 9.90 Å². The molecule has 0 atom stereocenters. The second kappa shape index (κ2) is 6.29. The summed E-state index contributed by atoms with van der Waals surface area (Å²) in [6.45, 7) is 0.628. The molecule has 1 aromatic heterocycles. The van der Waals surface area contributed by atoms with Gasteiger partial charge in [0.2, 0.25) is 0 Å². The minimum Gasteiger partial charge on any atom is -0.550 e. The van der Waals surface area contributed by atoms with Crippen molar-refractivity contribution in [2.45, 2.75) is 13.0 Å². The zero-order valence-electron chi connectivity index (χ0n) is 9.67. The van der Waals surface area contributed by atoms with Crippen LogP contribution in [0.1, 0.15) is 11.3 Å². The number of imidazole rings is 1. The zero-order chi connectivity index (χ0) is 11.4. The van der Waals surface area contributed by atoms with Crippen molar-refractivity contribution in [3.63, 3.8) is 0 Å². The topological polar surface area (TPSA) is 57.9 Å². The van der Waals surface area contributed by atoms with E-state index >= 15 is 0 Å². The molecule has 0 fully saturated rings. The van der Waals surface area contributed by atoms with Gasteiger partial charge in [-0.3, -0.25) is 0 Å². The molecule has 4 nitrogen and oxygen atoms in total. The van der Waals surface area contributed by atoms with Crippen molar-refractivity contribution in [1.29, 1.82) is 0 Å². The minimum atomic E-state index is -1.09. The predicted molar refractivity (Wildman–Crippen MR) is 56.5 cm³/mol. The molecule has 1 heterocycles. The summed E-state index contributed by atoms with van der Waals surface area (Å²) < 4.78 is 1.81. The number of hydrogen-bond acceptors (Lipinski definition) is 3. The second-order valence-electron chi connectivity index (χ2n) is 3.55. The van der Waals surface area contributed by atoms with Crippen LogP contribution in [0.3, 0.4) is 0 Å². The molecule has 0 unspecified atom stereocenters. The van der Waals surface area contributed by atoms with Crippen molar-refractivity contribution in [2.75, 3.05) is 0 Å². The van der Waals surface area contributed by atoms with Gasteiger partial charge in [-0.1, -0.05) is 30.3 Å². The Morgan fingerprint density at radius 2 is 2.00 bits per heavy atom. The third kappa shape index (κ3) is 3.77. The normalized spacial score (nSPS) is 9.65. The molecule has 17 heavy (non-hydrogen) atoms. The number of carboxylic acid groups (broad SMARTS) is 1. The SMILES string of the molecule is O=C([O-])Cc1cncn1Cc1ccccc1.[Li+]. The standard InChI is InChI=1S/C12H12N2O2.Li/c15-12(16)6-11-7-13-9-14(11)8-10-4-2-1-3-5-10;/h1-5,7,9H,6,8H2,(H,15,16);/q;+1/p-1. The van der Waals surface area contributed by atoms with Crippen LogP contribution >= 0.6 is 0 Å². The van der Waals surface area contributed by atoms with Gasteiger partial charge in [0.25, 0.3) is 0 Å². The van der Waals surface area contributed by atoms with Crippen molar-refractivity contribution >= 4 is 5.97 Å². The molecule has 0 amide bonds. The fourth-order valence-electron chi connectivity index (χ4n) is 1.57. The molecule has 0 radical (unpaired) electrons. The van der Waals surface area contributed by atoms with Crippen LogP contribution in [-0.2, 0) is 17.8 Å². The van der Waals surface area contributed by atoms with Crippen molar-refractivity contribution in [1.82, 2.24) is 9.55 Å². The summed E-state index contributed by atoms with van der Waals surface area (Å²) in [5, 5.41) is 10.5. The van der Waals surface area contributed by atoms with Gasteiger partial charge in [0.15, 0.2) is 0 Å². The van der Waals surface area contributed by atoms with E-state index in [-0.39, 0.29) is 25.3 Å². The fourth-order valence-corrected chi connectivity index (χ4v) is 1.57. The first-order valence-electron chi connectivity index (χ1n) is 4.98. The van der Waals surface area contributed by atoms with Crippen LogP contribution in [0.15, 0.2) is 42.9 Å². The van der Waals surface area contributed by atoms with Crippen molar-refractivity contribution in [3.8, 4) is 0 Å². The monoisotopic (exact) mass is 222 g/mol. The number of carbonyl (C=O) groups excluding carboxylic acids is 1. The van der Waals surface area contributed by atoms with Gasteiger partial charge in [-0.15, -0.1) is 0 Å². The van der Waals surface area contributed by atoms with Gasteiger partial charge in [-0.05, 0) is 5.56 Å². The van der Waals surface area contributed by atoms with E-state index in [2.05, 4.69) is 4.98 Å². The van der Waals surface area contributed by atoms with E-state index in [0.717, 1.165) is 5.56 Å². The average Bonchev–Trinajstić information content (AvgIpc) is 2.66. The van der Waals surface area contributed by atoms with Crippen molar-refractivity contribution in [2.24, 2.45) is 0 Å². The number of benzene rings is 1. The van der Waals surface area contributed by atoms with Crippen LogP contribution in [0.4, 0.5) is 0 Å². The molecular formula is C12H11LiN2O2. The maximum atomic E-state index is 10.5. The Kier molecular flexibility index (Phi) is 5.01. The maximum absolute atomic E-state index is 10.5. The molecule has 0 saturated heterocycles. The Morgan fingerprint density at radius 3 is 2.65 bits per heavy atom. The van der Waals surface area contributed by atoms with Gasteiger partial charge in [0.05, 0.1) is 6.33 Å². The van der Waals surface area contributed by atoms with Gasteiger partial charge in [0.1, 0.15) is 0 Å². The Balaban J connectivity index is 0.00000144. The second-order valence-corrected chi connectivity index (χ2v) is 3.55. The van der Waals surface area contributed by atoms with E-state index in [4.69, 9.17) is 0 Å². The summed E-state index contributed by atoms with van der Waals surface area (Å²) in [4.78, 5) is 14.5. The van der Waals surface area contributed by atoms with Crippen LogP contribution < -0.4 is 24.0 Å². The average molecular weight is 222 g/mol. The van der Waals surface area contributed by atoms with Gasteiger partial charge < -0.3 is 14.5 Å². The molecule has 0 spiro atoms. The third-order valence-electron chi connectivity index (χ3n) is 2.32. The number of aliphatic carboxylic acids is 1. The first-order valence-corrected chi connectivity index (χ1v) is 4.98. The molecule has 0 bridgehead atoms. The van der Waals surface area contributed by atoms with Gasteiger partial charge in [-0.25, -0.2) is 4.98 Å². The zero-order valence-corrected chi connectivity index (χ0v) is 9.67. The van der Waals surface area contributed by atoms with Gasteiger partial charge in [0, 0.05) is 30.8 Å². The van der Waals surface area contributed by atoms with Crippen molar-refractivity contribution < 1.29 is 28.8 Å². The number of carbonyl (C=O) groups is 1. The largest absolute Gasteiger partial charge is 1.00 e. The van der Waals surface area contributed by atoms with E-state index in [1.54, 1.807) is 12.5 Å². The van der Waals surface area contributed by atoms with Gasteiger partial charge in [-0.2, -0.15) is 0 Å². The molecule has 82 valence electrons. The van der Waals surface area contributed by atoms with Crippen LogP contribution in [-0.4, -0.2) is 15.5 Å². The van der Waals surface area contributed by atoms with E-state index in [1.807, 2.05) is 34.9 Å². The molecule has 5 heteroatoms. The summed E-state index contributed by atoms with van der Waals surface area (Å²) in [5.41, 5.74) is 1.77. The van der Waals surface area contributed by atoms with Crippen LogP contribution in [0.5, 0.6) is 0 Å². The molecule has 0 aliphatic carbocycles. The molecule has 0 aliphatic heterocycles. The van der Waals surface area contributed by atoms with Crippen molar-refractivity contribution in [3.05, 3.63) is 54.1 Å². The van der Waals surface area contributed by atoms with E-state index < -0.39 is 5.97 Å². The number of rotatable bonds is 4. The number of hydrogen-bond donors (Lipinski definition) is 0. The summed E-state index contributed by atoms with van der Waals surface area (Å²) in [6, 6.07) is 9.82. The predicted octanol–water partition coefficient (Wildman–Crippen LogP) is -2.77. The van der Waals surface area contributed by atoms with Crippen LogP contribution in [0.25, 0.3) is 0 Å². The summed E-state index contributed by atoms with van der Waals surface area (Å²) in [5.74, 6) is -1.09. The van der Waals surface area contributed by atoms with E-state index in [1.165, 1.54) is 0 Å². The molecular weight excluding hydrogens is 211 g/mol. The molecule has 1 aromatic carbocycles. The van der Waals surface area contributed by atoms with Crippen LogP contribution in [0, 0.1) is 0 Å². The Labute approximate surface area is 111 Å². The third-order valence-corrected chi connectivity index (χ3v) is 2.32. The maximum Gasteiger partial charge on any atom is 1.00 e. The molecule has 0 aliphatic rings. The first-order chi connectivity index (χ1) is 7.75.